The number of ether oxygens (including phenoxy) is 1. The molecule has 148 valence electrons. The maximum absolute atomic E-state index is 12.0. The van der Waals surface area contributed by atoms with Gasteiger partial charge < -0.3 is 25.5 Å². The molecule has 0 radical (unpaired) electrons. The molecule has 0 aliphatic carbocycles. The van der Waals surface area contributed by atoms with Gasteiger partial charge in [0, 0.05) is 23.8 Å². The van der Waals surface area contributed by atoms with E-state index in [1.807, 2.05) is 13.8 Å². The van der Waals surface area contributed by atoms with Crippen molar-refractivity contribution in [3.05, 3.63) is 48.4 Å². The summed E-state index contributed by atoms with van der Waals surface area (Å²) in [6.45, 7) is 4.27. The summed E-state index contributed by atoms with van der Waals surface area (Å²) in [6, 6.07) is 10.0. The summed E-state index contributed by atoms with van der Waals surface area (Å²) in [5.41, 5.74) is 6.30. The highest BCUT2D eigenvalue weighted by molar-refractivity contribution is 6.02. The highest BCUT2D eigenvalue weighted by Gasteiger charge is 2.20. The van der Waals surface area contributed by atoms with E-state index in [9.17, 15) is 9.59 Å². The number of rotatable bonds is 9. The Hall–Kier alpha value is -2.51. The maximum Gasteiger partial charge on any atom is 0.291 e. The number of carbonyl (C=O) groups is 2. The van der Waals surface area contributed by atoms with E-state index in [1.165, 1.54) is 6.26 Å². The van der Waals surface area contributed by atoms with Gasteiger partial charge in [-0.25, -0.2) is 0 Å². The van der Waals surface area contributed by atoms with Crippen LogP contribution in [0.5, 0.6) is 5.75 Å². The molecule has 0 bridgehead atoms. The molecule has 0 spiro atoms. The fourth-order valence-electron chi connectivity index (χ4n) is 2.24. The van der Waals surface area contributed by atoms with E-state index in [1.54, 1.807) is 36.4 Å². The number of halogens is 1. The Morgan fingerprint density at radius 2 is 1.93 bits per heavy atom. The molecule has 4 N–H and O–H groups in total. The monoisotopic (exact) mass is 395 g/mol. The van der Waals surface area contributed by atoms with Crippen LogP contribution in [0.3, 0.4) is 0 Å². The van der Waals surface area contributed by atoms with Gasteiger partial charge in [0.05, 0.1) is 6.26 Å². The Labute approximate surface area is 165 Å². The lowest BCUT2D eigenvalue weighted by Crippen LogP contribution is -2.50. The number of nitrogens with one attached hydrogen (secondary N) is 2. The van der Waals surface area contributed by atoms with Crippen molar-refractivity contribution in [1.29, 1.82) is 0 Å². The Bertz CT molecular complexity index is 730. The van der Waals surface area contributed by atoms with Crippen molar-refractivity contribution in [2.75, 3.05) is 18.5 Å². The fraction of sp³-hybridized carbons (Fsp3) is 0.368. The fourth-order valence-corrected chi connectivity index (χ4v) is 2.24. The number of carbonyl (C=O) groups excluding carboxylic acids is 2. The van der Waals surface area contributed by atoms with Crippen molar-refractivity contribution in [3.8, 4) is 5.75 Å². The average Bonchev–Trinajstić information content (AvgIpc) is 3.20. The number of nitrogens with two attached hydrogens (primary N) is 1. The van der Waals surface area contributed by atoms with Crippen LogP contribution in [0.15, 0.2) is 47.1 Å². The van der Waals surface area contributed by atoms with E-state index in [0.717, 1.165) is 12.8 Å². The van der Waals surface area contributed by atoms with Crippen molar-refractivity contribution in [2.24, 2.45) is 5.73 Å². The Morgan fingerprint density at radius 3 is 2.56 bits per heavy atom. The number of hydrogen-bond donors (Lipinski definition) is 3. The first-order chi connectivity index (χ1) is 12.5. The lowest BCUT2D eigenvalue weighted by molar-refractivity contribution is -0.123. The predicted molar refractivity (Wildman–Crippen MR) is 106 cm³/mol. The zero-order valence-corrected chi connectivity index (χ0v) is 16.3. The van der Waals surface area contributed by atoms with Crippen LogP contribution in [0.25, 0.3) is 0 Å². The van der Waals surface area contributed by atoms with Gasteiger partial charge in [-0.2, -0.15) is 0 Å². The minimum absolute atomic E-state index is 0. The maximum atomic E-state index is 12.0. The molecule has 0 atom stereocenters. The van der Waals surface area contributed by atoms with E-state index in [2.05, 4.69) is 10.6 Å². The molecule has 0 unspecified atom stereocenters. The molecule has 1 aromatic carbocycles. The first kappa shape index (κ1) is 22.5. The topological polar surface area (TPSA) is 107 Å². The second-order valence-electron chi connectivity index (χ2n) is 6.09. The first-order valence-electron chi connectivity index (χ1n) is 8.59. The quantitative estimate of drug-likeness (QED) is 0.605. The average molecular weight is 396 g/mol. The Kier molecular flexibility index (Phi) is 8.84. The number of benzene rings is 1. The molecule has 8 heteroatoms. The van der Waals surface area contributed by atoms with Crippen molar-refractivity contribution < 1.29 is 18.7 Å². The number of anilines is 1. The van der Waals surface area contributed by atoms with Crippen LogP contribution in [0.1, 0.15) is 37.2 Å². The third-order valence-corrected chi connectivity index (χ3v) is 4.25. The lowest BCUT2D eigenvalue weighted by Gasteiger charge is -2.26. The minimum atomic E-state index is -0.397. The molecule has 1 heterocycles. The standard InChI is InChI=1S/C19H25N3O4.ClH/c1-3-19(20,4-2)13-21-17(23)12-26-15-8-5-7-14(11-15)22-18(24)16-9-6-10-25-16;/h5-11H,3-4,12-13,20H2,1-2H3,(H,21,23)(H,22,24);1H. The first-order valence-corrected chi connectivity index (χ1v) is 8.59. The van der Waals surface area contributed by atoms with Gasteiger partial charge >= 0.3 is 0 Å². The van der Waals surface area contributed by atoms with Crippen molar-refractivity contribution in [3.63, 3.8) is 0 Å². The van der Waals surface area contributed by atoms with Gasteiger partial charge in [-0.1, -0.05) is 19.9 Å². The molecule has 2 amide bonds. The largest absolute Gasteiger partial charge is 0.484 e. The molecule has 2 rings (SSSR count). The van der Waals surface area contributed by atoms with Crippen LogP contribution in [0.4, 0.5) is 5.69 Å². The summed E-state index contributed by atoms with van der Waals surface area (Å²) in [5, 5.41) is 5.49. The van der Waals surface area contributed by atoms with Crippen LogP contribution in [0.2, 0.25) is 0 Å². The molecular formula is C19H26ClN3O4. The zero-order valence-electron chi connectivity index (χ0n) is 15.5. The normalized spacial score (nSPS) is 10.6. The number of amides is 2. The molecular weight excluding hydrogens is 370 g/mol. The number of hydrogen-bond acceptors (Lipinski definition) is 5. The smallest absolute Gasteiger partial charge is 0.291 e. The Morgan fingerprint density at radius 1 is 1.19 bits per heavy atom. The summed E-state index contributed by atoms with van der Waals surface area (Å²) in [6.07, 6.45) is 2.99. The van der Waals surface area contributed by atoms with Gasteiger partial charge in [0.15, 0.2) is 12.4 Å². The molecule has 2 aromatic rings. The summed E-state index contributed by atoms with van der Waals surface area (Å²) >= 11 is 0. The SMILES string of the molecule is CCC(N)(CC)CNC(=O)COc1cccc(NC(=O)c2ccco2)c1.Cl. The van der Waals surface area contributed by atoms with Crippen molar-refractivity contribution in [2.45, 2.75) is 32.2 Å². The highest BCUT2D eigenvalue weighted by atomic mass is 35.5. The summed E-state index contributed by atoms with van der Waals surface area (Å²) < 4.78 is 10.5. The molecule has 0 saturated heterocycles. The van der Waals surface area contributed by atoms with Crippen molar-refractivity contribution >= 4 is 29.9 Å². The van der Waals surface area contributed by atoms with Gasteiger partial charge in [-0.15, -0.1) is 12.4 Å². The van der Waals surface area contributed by atoms with Crippen LogP contribution in [0, 0.1) is 0 Å². The van der Waals surface area contributed by atoms with Crippen molar-refractivity contribution in [1.82, 2.24) is 5.32 Å². The van der Waals surface area contributed by atoms with Gasteiger partial charge in [0.2, 0.25) is 0 Å². The predicted octanol–water partition coefficient (Wildman–Crippen LogP) is 2.97. The van der Waals surface area contributed by atoms with E-state index in [4.69, 9.17) is 14.9 Å². The third kappa shape index (κ3) is 6.96. The van der Waals surface area contributed by atoms with E-state index < -0.39 is 5.54 Å². The number of furan rings is 1. The lowest BCUT2D eigenvalue weighted by atomic mass is 9.94. The van der Waals surface area contributed by atoms with Crippen LogP contribution in [-0.2, 0) is 4.79 Å². The Balaban J connectivity index is 0.00000364. The van der Waals surface area contributed by atoms with E-state index >= 15 is 0 Å². The second-order valence-corrected chi connectivity index (χ2v) is 6.09. The zero-order chi connectivity index (χ0) is 19.0. The highest BCUT2D eigenvalue weighted by Crippen LogP contribution is 2.18. The molecule has 0 saturated carbocycles. The molecule has 27 heavy (non-hydrogen) atoms. The van der Waals surface area contributed by atoms with Gasteiger partial charge in [0.1, 0.15) is 5.75 Å². The molecule has 1 aromatic heterocycles. The minimum Gasteiger partial charge on any atom is -0.484 e. The van der Waals surface area contributed by atoms with E-state index in [-0.39, 0.29) is 36.6 Å². The van der Waals surface area contributed by atoms with Gasteiger partial charge in [-0.05, 0) is 37.1 Å². The molecule has 0 aliphatic rings. The van der Waals surface area contributed by atoms with Crippen LogP contribution in [-0.4, -0.2) is 30.5 Å². The third-order valence-electron chi connectivity index (χ3n) is 4.25. The molecule has 7 nitrogen and oxygen atoms in total. The molecule has 0 fully saturated rings. The van der Waals surface area contributed by atoms with Crippen LogP contribution >= 0.6 is 12.4 Å². The second kappa shape index (κ2) is 10.6. The van der Waals surface area contributed by atoms with Gasteiger partial charge in [0.25, 0.3) is 11.8 Å². The van der Waals surface area contributed by atoms with E-state index in [0.29, 0.717) is 18.0 Å². The van der Waals surface area contributed by atoms with Crippen LogP contribution < -0.4 is 21.1 Å². The summed E-state index contributed by atoms with van der Waals surface area (Å²) in [4.78, 5) is 23.9. The van der Waals surface area contributed by atoms with Gasteiger partial charge in [-0.3, -0.25) is 9.59 Å². The molecule has 0 aliphatic heterocycles. The summed E-state index contributed by atoms with van der Waals surface area (Å²) in [7, 11) is 0. The summed E-state index contributed by atoms with van der Waals surface area (Å²) in [5.74, 6) is 0.0882.